The number of benzene rings is 1. The number of nitrogens with two attached hydrogens (primary N) is 1. The van der Waals surface area contributed by atoms with E-state index in [1.54, 1.807) is 6.07 Å². The van der Waals surface area contributed by atoms with Crippen molar-refractivity contribution < 1.29 is 4.42 Å². The van der Waals surface area contributed by atoms with E-state index in [9.17, 15) is 4.79 Å². The summed E-state index contributed by atoms with van der Waals surface area (Å²) in [4.78, 5) is 14.1. The van der Waals surface area contributed by atoms with Crippen LogP contribution in [0.4, 0.5) is 5.82 Å². The Balaban J connectivity index is 2.40. The average molecular weight is 251 g/mol. The van der Waals surface area contributed by atoms with E-state index in [4.69, 9.17) is 15.4 Å². The lowest BCUT2D eigenvalue weighted by Crippen LogP contribution is -2.13. The Bertz CT molecular complexity index is 868. The van der Waals surface area contributed by atoms with Crippen LogP contribution < -0.4 is 11.3 Å². The fourth-order valence-corrected chi connectivity index (χ4v) is 2.09. The van der Waals surface area contributed by atoms with Crippen LogP contribution in [0.2, 0.25) is 0 Å². The molecule has 0 aliphatic rings. The minimum absolute atomic E-state index is 0.0285. The molecular weight excluding hydrogens is 242 g/mol. The van der Waals surface area contributed by atoms with Gasteiger partial charge in [-0.2, -0.15) is 5.26 Å². The summed E-state index contributed by atoms with van der Waals surface area (Å²) in [5.41, 5.74) is 7.03. The fourth-order valence-electron chi connectivity index (χ4n) is 2.09. The molecule has 5 heteroatoms. The average Bonchev–Trinajstić information content (AvgIpc) is 2.81. The van der Waals surface area contributed by atoms with Gasteiger partial charge >= 0.3 is 0 Å². The van der Waals surface area contributed by atoms with Crippen LogP contribution in [0.3, 0.4) is 0 Å². The molecule has 2 heterocycles. The maximum atomic E-state index is 11.7. The highest BCUT2D eigenvalue weighted by Crippen LogP contribution is 2.31. The Morgan fingerprint density at radius 2 is 2.05 bits per heavy atom. The number of H-pyrrole nitrogens is 1. The Hall–Kier alpha value is -3.00. The first-order valence-corrected chi connectivity index (χ1v) is 5.60. The summed E-state index contributed by atoms with van der Waals surface area (Å²) in [6.07, 6.45) is 1.53. The predicted molar refractivity (Wildman–Crippen MR) is 71.4 cm³/mol. The van der Waals surface area contributed by atoms with Crippen molar-refractivity contribution in [2.45, 2.75) is 0 Å². The second kappa shape index (κ2) is 4.03. The van der Waals surface area contributed by atoms with E-state index in [-0.39, 0.29) is 11.4 Å². The second-order valence-electron chi connectivity index (χ2n) is 4.10. The molecule has 1 aromatic carbocycles. The zero-order valence-corrected chi connectivity index (χ0v) is 9.81. The Kier molecular flexibility index (Phi) is 2.36. The zero-order chi connectivity index (χ0) is 13.4. The van der Waals surface area contributed by atoms with Gasteiger partial charge in [-0.1, -0.05) is 18.2 Å². The first-order valence-electron chi connectivity index (χ1n) is 5.60. The Morgan fingerprint density at radius 3 is 2.84 bits per heavy atom. The number of para-hydroxylation sites is 1. The molecule has 3 aromatic rings. The number of aromatic amines is 1. The molecule has 0 amide bonds. The molecule has 5 nitrogen and oxygen atoms in total. The minimum Gasteiger partial charge on any atom is -0.464 e. The van der Waals surface area contributed by atoms with Gasteiger partial charge in [0.25, 0.3) is 5.56 Å². The van der Waals surface area contributed by atoms with E-state index in [2.05, 4.69) is 4.98 Å². The van der Waals surface area contributed by atoms with Crippen molar-refractivity contribution >= 4 is 16.8 Å². The van der Waals surface area contributed by atoms with Crippen molar-refractivity contribution in [2.24, 2.45) is 0 Å². The van der Waals surface area contributed by atoms with Gasteiger partial charge < -0.3 is 15.1 Å². The van der Waals surface area contributed by atoms with E-state index in [1.807, 2.05) is 30.3 Å². The number of aromatic nitrogens is 1. The largest absolute Gasteiger partial charge is 0.464 e. The van der Waals surface area contributed by atoms with Crippen LogP contribution in [0.1, 0.15) is 5.56 Å². The van der Waals surface area contributed by atoms with Gasteiger partial charge in [0, 0.05) is 16.5 Å². The van der Waals surface area contributed by atoms with Crippen molar-refractivity contribution in [1.82, 2.24) is 4.98 Å². The maximum Gasteiger partial charge on any atom is 0.268 e. The van der Waals surface area contributed by atoms with Gasteiger partial charge in [-0.05, 0) is 12.1 Å². The molecule has 0 aliphatic carbocycles. The van der Waals surface area contributed by atoms with Gasteiger partial charge in [0.1, 0.15) is 23.0 Å². The van der Waals surface area contributed by atoms with Crippen molar-refractivity contribution in [2.75, 3.05) is 5.73 Å². The molecule has 0 saturated carbocycles. The lowest BCUT2D eigenvalue weighted by molar-refractivity contribution is 0.617. The highest BCUT2D eigenvalue weighted by molar-refractivity contribution is 5.95. The molecule has 0 radical (unpaired) electrons. The van der Waals surface area contributed by atoms with E-state index >= 15 is 0 Å². The van der Waals surface area contributed by atoms with Crippen molar-refractivity contribution in [3.05, 3.63) is 52.5 Å². The lowest BCUT2D eigenvalue weighted by Gasteiger charge is -2.02. The number of hydrogen-bond donors (Lipinski definition) is 2. The Morgan fingerprint density at radius 1 is 1.26 bits per heavy atom. The summed E-state index contributed by atoms with van der Waals surface area (Å²) in [7, 11) is 0. The molecule has 0 unspecified atom stereocenters. The summed E-state index contributed by atoms with van der Waals surface area (Å²) in [6.45, 7) is 0. The van der Waals surface area contributed by atoms with Crippen molar-refractivity contribution in [1.29, 1.82) is 5.26 Å². The smallest absolute Gasteiger partial charge is 0.268 e. The van der Waals surface area contributed by atoms with E-state index < -0.39 is 5.56 Å². The van der Waals surface area contributed by atoms with E-state index in [0.29, 0.717) is 16.7 Å². The predicted octanol–water partition coefficient (Wildman–Crippen LogP) is 2.24. The summed E-state index contributed by atoms with van der Waals surface area (Å²) in [6, 6.07) is 10.9. The molecule has 19 heavy (non-hydrogen) atoms. The molecular formula is C14H9N3O2. The monoisotopic (exact) mass is 251 g/mol. The summed E-state index contributed by atoms with van der Waals surface area (Å²) >= 11 is 0. The number of anilines is 1. The summed E-state index contributed by atoms with van der Waals surface area (Å²) < 4.78 is 5.42. The number of nitriles is 1. The van der Waals surface area contributed by atoms with Crippen molar-refractivity contribution in [3.8, 4) is 17.2 Å². The third-order valence-corrected chi connectivity index (χ3v) is 2.94. The standard InChI is InChI=1S/C14H9N3O2/c15-6-10-9(5-13(16)17-14(10)18)11-7-19-12-4-2-1-3-8(11)12/h1-5,7H,(H3,16,17,18). The molecule has 0 saturated heterocycles. The number of fused-ring (bicyclic) bond motifs is 1. The number of nitrogens with one attached hydrogen (secondary N) is 1. The highest BCUT2D eigenvalue weighted by atomic mass is 16.3. The molecule has 3 rings (SSSR count). The lowest BCUT2D eigenvalue weighted by atomic mass is 10.0. The summed E-state index contributed by atoms with van der Waals surface area (Å²) in [5.74, 6) is 0.212. The quantitative estimate of drug-likeness (QED) is 0.693. The van der Waals surface area contributed by atoms with E-state index in [1.165, 1.54) is 6.26 Å². The van der Waals surface area contributed by atoms with E-state index in [0.717, 1.165) is 5.39 Å². The van der Waals surface area contributed by atoms with Gasteiger partial charge in [0.05, 0.1) is 6.26 Å². The van der Waals surface area contributed by atoms with Crippen LogP contribution in [0.15, 0.2) is 45.8 Å². The van der Waals surface area contributed by atoms with Gasteiger partial charge in [-0.15, -0.1) is 0 Å². The molecule has 92 valence electrons. The highest BCUT2D eigenvalue weighted by Gasteiger charge is 2.15. The molecule has 0 spiro atoms. The van der Waals surface area contributed by atoms with Crippen LogP contribution >= 0.6 is 0 Å². The molecule has 0 fully saturated rings. The number of pyridine rings is 1. The first-order chi connectivity index (χ1) is 9.20. The third kappa shape index (κ3) is 1.67. The molecule has 0 bridgehead atoms. The van der Waals surface area contributed by atoms with Gasteiger partial charge in [-0.25, -0.2) is 0 Å². The van der Waals surface area contributed by atoms with Crippen LogP contribution in [-0.2, 0) is 0 Å². The number of rotatable bonds is 1. The molecule has 0 aliphatic heterocycles. The SMILES string of the molecule is N#Cc1c(-c2coc3ccccc23)cc(N)[nH]c1=O. The van der Waals surface area contributed by atoms with Crippen LogP contribution in [0, 0.1) is 11.3 Å². The fraction of sp³-hybridized carbons (Fsp3) is 0. The van der Waals surface area contributed by atoms with Gasteiger partial charge in [0.2, 0.25) is 0 Å². The number of furan rings is 1. The second-order valence-corrected chi connectivity index (χ2v) is 4.10. The minimum atomic E-state index is -0.497. The topological polar surface area (TPSA) is 95.8 Å². The number of nitrogen functional groups attached to an aromatic ring is 1. The zero-order valence-electron chi connectivity index (χ0n) is 9.81. The molecule has 2 aromatic heterocycles. The van der Waals surface area contributed by atoms with Crippen LogP contribution in [-0.4, -0.2) is 4.98 Å². The van der Waals surface area contributed by atoms with Crippen LogP contribution in [0.5, 0.6) is 0 Å². The Labute approximate surface area is 107 Å². The van der Waals surface area contributed by atoms with Crippen molar-refractivity contribution in [3.63, 3.8) is 0 Å². The first kappa shape index (κ1) is 11.1. The molecule has 3 N–H and O–H groups in total. The van der Waals surface area contributed by atoms with Gasteiger partial charge in [0.15, 0.2) is 0 Å². The van der Waals surface area contributed by atoms with Gasteiger partial charge in [-0.3, -0.25) is 4.79 Å². The molecule has 0 atom stereocenters. The normalized spacial score (nSPS) is 10.5. The van der Waals surface area contributed by atoms with Crippen LogP contribution in [0.25, 0.3) is 22.1 Å². The number of nitrogens with zero attached hydrogens (tertiary/aromatic N) is 1. The maximum absolute atomic E-state index is 11.7. The number of hydrogen-bond acceptors (Lipinski definition) is 4. The third-order valence-electron chi connectivity index (χ3n) is 2.94. The summed E-state index contributed by atoms with van der Waals surface area (Å²) in [5, 5.41) is 9.96.